The fourth-order valence-corrected chi connectivity index (χ4v) is 5.50. The second kappa shape index (κ2) is 14.3. The van der Waals surface area contributed by atoms with Gasteiger partial charge in [0.05, 0.1) is 43.5 Å². The number of morpholine rings is 1. The summed E-state index contributed by atoms with van der Waals surface area (Å²) in [5.74, 6) is 5.51. The molecule has 1 amide bonds. The van der Waals surface area contributed by atoms with Crippen molar-refractivity contribution in [2.45, 2.75) is 44.8 Å². The number of rotatable bonds is 7. The Morgan fingerprint density at radius 3 is 2.11 bits per heavy atom. The van der Waals surface area contributed by atoms with Crippen LogP contribution in [0.4, 0.5) is 26.3 Å². The Morgan fingerprint density at radius 1 is 0.886 bits per heavy atom. The highest BCUT2D eigenvalue weighted by atomic mass is 19.4. The molecule has 2 aromatic rings. The fourth-order valence-electron chi connectivity index (χ4n) is 5.50. The van der Waals surface area contributed by atoms with Gasteiger partial charge < -0.3 is 14.4 Å². The Hall–Kier alpha value is -3.11. The van der Waals surface area contributed by atoms with Gasteiger partial charge in [-0.1, -0.05) is 30.0 Å². The second-order valence-corrected chi connectivity index (χ2v) is 11.3. The van der Waals surface area contributed by atoms with Gasteiger partial charge in [0.1, 0.15) is 0 Å². The predicted octanol–water partition coefficient (Wildman–Crippen LogP) is 5.06. The van der Waals surface area contributed by atoms with Gasteiger partial charge in [-0.3, -0.25) is 14.6 Å². The number of ether oxygens (including phenoxy) is 2. The van der Waals surface area contributed by atoms with Gasteiger partial charge in [0.25, 0.3) is 5.91 Å². The van der Waals surface area contributed by atoms with Gasteiger partial charge in [0.2, 0.25) is 0 Å². The van der Waals surface area contributed by atoms with E-state index in [1.807, 2.05) is 32.0 Å². The van der Waals surface area contributed by atoms with Gasteiger partial charge in [0, 0.05) is 51.4 Å². The highest BCUT2D eigenvalue weighted by Crippen LogP contribution is 2.37. The lowest BCUT2D eigenvalue weighted by atomic mass is 9.97. The maximum absolute atomic E-state index is 13.6. The average Bonchev–Trinajstić information content (AvgIpc) is 2.96. The number of carbonyl (C=O) groups excluding carboxylic acids is 1. The van der Waals surface area contributed by atoms with Gasteiger partial charge in [-0.25, -0.2) is 0 Å². The van der Waals surface area contributed by atoms with Crippen molar-refractivity contribution in [3.8, 4) is 11.8 Å². The third kappa shape index (κ3) is 8.97. The van der Waals surface area contributed by atoms with Crippen molar-refractivity contribution in [1.29, 1.82) is 0 Å². The van der Waals surface area contributed by atoms with E-state index in [-0.39, 0.29) is 18.7 Å². The minimum atomic E-state index is -5.04. The zero-order valence-electron chi connectivity index (χ0n) is 25.0. The monoisotopic (exact) mass is 625 g/mol. The van der Waals surface area contributed by atoms with E-state index in [1.165, 1.54) is 4.90 Å². The first-order chi connectivity index (χ1) is 20.7. The Kier molecular flexibility index (Phi) is 11.0. The largest absolute Gasteiger partial charge is 0.416 e. The van der Waals surface area contributed by atoms with E-state index in [1.54, 1.807) is 7.11 Å². The summed E-state index contributed by atoms with van der Waals surface area (Å²) in [7, 11) is 1.63. The van der Waals surface area contributed by atoms with Crippen LogP contribution in [0.2, 0.25) is 0 Å². The number of methoxy groups -OCH3 is 1. The maximum Gasteiger partial charge on any atom is 0.416 e. The molecule has 2 unspecified atom stereocenters. The van der Waals surface area contributed by atoms with Crippen LogP contribution in [0.5, 0.6) is 0 Å². The number of benzene rings is 2. The van der Waals surface area contributed by atoms with Gasteiger partial charge in [-0.05, 0) is 55.2 Å². The van der Waals surface area contributed by atoms with E-state index >= 15 is 0 Å². The summed E-state index contributed by atoms with van der Waals surface area (Å²) < 4.78 is 92.0. The Balaban J connectivity index is 1.53. The van der Waals surface area contributed by atoms with Crippen molar-refractivity contribution in [3.05, 3.63) is 69.8 Å². The summed E-state index contributed by atoms with van der Waals surface area (Å²) in [6.45, 7) is 8.36. The molecule has 0 bridgehead atoms. The minimum Gasteiger partial charge on any atom is -0.382 e. The lowest BCUT2D eigenvalue weighted by molar-refractivity contribution is -0.143. The smallest absolute Gasteiger partial charge is 0.382 e. The normalized spacial score (nSPS) is 20.3. The number of halogens is 6. The summed E-state index contributed by atoms with van der Waals surface area (Å²) in [4.78, 5) is 19.3. The summed E-state index contributed by atoms with van der Waals surface area (Å²) in [5, 5.41) is 0. The van der Waals surface area contributed by atoms with Crippen molar-refractivity contribution in [2.75, 3.05) is 66.1 Å². The zero-order chi connectivity index (χ0) is 32.1. The number of hydrogen-bond donors (Lipinski definition) is 0. The van der Waals surface area contributed by atoms with Gasteiger partial charge in [0.15, 0.2) is 0 Å². The molecule has 0 N–H and O–H groups in total. The highest BCUT2D eigenvalue weighted by molar-refractivity contribution is 5.95. The molecule has 0 aromatic heterocycles. The number of nitrogens with zero attached hydrogens (tertiary/aromatic N) is 3. The van der Waals surface area contributed by atoms with Crippen molar-refractivity contribution in [3.63, 3.8) is 0 Å². The van der Waals surface area contributed by atoms with Crippen LogP contribution in [0.25, 0.3) is 0 Å². The lowest BCUT2D eigenvalue weighted by Gasteiger charge is -2.41. The van der Waals surface area contributed by atoms with Crippen LogP contribution in [-0.2, 0) is 28.2 Å². The Bertz CT molecular complexity index is 1330. The molecule has 4 rings (SSSR count). The first-order valence-electron chi connectivity index (χ1n) is 14.4. The molecule has 2 atom stereocenters. The molecular weight excluding hydrogens is 588 g/mol. The molecule has 0 saturated carbocycles. The van der Waals surface area contributed by atoms with Crippen LogP contribution in [0.3, 0.4) is 0 Å². The third-order valence-corrected chi connectivity index (χ3v) is 8.01. The fraction of sp³-hybridized carbons (Fsp3) is 0.531. The summed E-state index contributed by atoms with van der Waals surface area (Å²) in [5.41, 5.74) is -0.611. The second-order valence-electron chi connectivity index (χ2n) is 11.3. The van der Waals surface area contributed by atoms with Crippen molar-refractivity contribution in [1.82, 2.24) is 14.7 Å². The van der Waals surface area contributed by atoms with Gasteiger partial charge in [-0.15, -0.1) is 0 Å². The van der Waals surface area contributed by atoms with Crippen LogP contribution in [0, 0.1) is 25.7 Å². The average molecular weight is 626 g/mol. The molecule has 6 nitrogen and oxygen atoms in total. The first-order valence-corrected chi connectivity index (χ1v) is 14.4. The number of hydrogen-bond acceptors (Lipinski definition) is 5. The third-order valence-electron chi connectivity index (χ3n) is 8.01. The molecule has 2 heterocycles. The van der Waals surface area contributed by atoms with Crippen molar-refractivity contribution >= 4 is 5.91 Å². The van der Waals surface area contributed by atoms with Crippen LogP contribution < -0.4 is 0 Å². The molecule has 0 spiro atoms. The Morgan fingerprint density at radius 2 is 1.52 bits per heavy atom. The molecule has 44 heavy (non-hydrogen) atoms. The van der Waals surface area contributed by atoms with E-state index < -0.39 is 41.0 Å². The zero-order valence-corrected chi connectivity index (χ0v) is 25.0. The molecule has 12 heteroatoms. The molecule has 2 saturated heterocycles. The molecule has 2 aliphatic heterocycles. The lowest BCUT2D eigenvalue weighted by Crippen LogP contribution is -2.56. The number of carbonyl (C=O) groups is 1. The topological polar surface area (TPSA) is 45.2 Å². The molecular formula is C32H37F6N3O3. The summed E-state index contributed by atoms with van der Waals surface area (Å²) in [6, 6.07) is 6.43. The van der Waals surface area contributed by atoms with Crippen molar-refractivity contribution in [2.24, 2.45) is 0 Å². The highest BCUT2D eigenvalue weighted by Gasteiger charge is 2.39. The molecule has 2 fully saturated rings. The molecule has 240 valence electrons. The van der Waals surface area contributed by atoms with E-state index in [4.69, 9.17) is 9.47 Å². The van der Waals surface area contributed by atoms with E-state index in [0.29, 0.717) is 64.5 Å². The summed E-state index contributed by atoms with van der Waals surface area (Å²) >= 11 is 0. The van der Waals surface area contributed by atoms with Crippen LogP contribution in [0.1, 0.15) is 38.2 Å². The van der Waals surface area contributed by atoms with Crippen LogP contribution in [-0.4, -0.2) is 98.9 Å². The predicted molar refractivity (Wildman–Crippen MR) is 153 cm³/mol. The number of piperazine rings is 1. The van der Waals surface area contributed by atoms with Crippen molar-refractivity contribution < 1.29 is 40.6 Å². The van der Waals surface area contributed by atoms with E-state index in [2.05, 4.69) is 21.6 Å². The molecule has 0 aliphatic carbocycles. The standard InChI is InChI=1S/C32H37F6N3O3/c1-22-6-7-24(14-23(22)2)15-28-19-39(8-4-5-9-40-12-13-44-29(20-40)21-43-3)10-11-41(28)30(42)25-16-26(31(33,34)35)18-27(17-25)32(36,37)38/h6-7,14,16-18,28-29H,8-13,15,19-21H2,1-3H3. The molecule has 0 radical (unpaired) electrons. The van der Waals surface area contributed by atoms with Crippen LogP contribution >= 0.6 is 0 Å². The molecule has 2 aliphatic rings. The first kappa shape index (κ1) is 33.8. The van der Waals surface area contributed by atoms with Gasteiger partial charge in [-0.2, -0.15) is 26.3 Å². The number of aryl methyl sites for hydroxylation is 2. The van der Waals surface area contributed by atoms with E-state index in [9.17, 15) is 31.1 Å². The summed E-state index contributed by atoms with van der Waals surface area (Å²) in [6.07, 6.45) is -9.70. The quantitative estimate of drug-likeness (QED) is 0.318. The van der Waals surface area contributed by atoms with Crippen LogP contribution in [0.15, 0.2) is 36.4 Å². The number of amides is 1. The SMILES string of the molecule is COCC1CN(CC#CCN2CCN(C(=O)c3cc(C(F)(F)F)cc(C(F)(F)F)c3)C(Cc3ccc(C)c(C)c3)C2)CCO1. The van der Waals surface area contributed by atoms with E-state index in [0.717, 1.165) is 23.2 Å². The number of alkyl halides is 6. The van der Waals surface area contributed by atoms with Gasteiger partial charge >= 0.3 is 12.4 Å². The minimum absolute atomic E-state index is 0.00336. The maximum atomic E-state index is 13.6. The Labute approximate surface area is 253 Å². The molecule has 2 aromatic carbocycles.